The van der Waals surface area contributed by atoms with E-state index in [0.29, 0.717) is 12.7 Å². The van der Waals surface area contributed by atoms with Gasteiger partial charge < -0.3 is 24.4 Å². The molecule has 0 aliphatic carbocycles. The maximum absolute atomic E-state index is 5.79. The van der Waals surface area contributed by atoms with Gasteiger partial charge in [-0.15, -0.1) is 0 Å². The largest absolute Gasteiger partial charge is 0.494 e. The van der Waals surface area contributed by atoms with E-state index in [0.717, 1.165) is 76.8 Å². The highest BCUT2D eigenvalue weighted by atomic mass is 16.5. The van der Waals surface area contributed by atoms with Crippen LogP contribution < -0.4 is 10.1 Å². The van der Waals surface area contributed by atoms with Crippen LogP contribution in [0.2, 0.25) is 0 Å². The van der Waals surface area contributed by atoms with Gasteiger partial charge in [-0.2, -0.15) is 0 Å². The van der Waals surface area contributed by atoms with Crippen molar-refractivity contribution in [3.8, 4) is 5.75 Å². The molecule has 29 heavy (non-hydrogen) atoms. The van der Waals surface area contributed by atoms with Gasteiger partial charge in [0.25, 0.3) is 0 Å². The molecule has 0 amide bonds. The van der Waals surface area contributed by atoms with Gasteiger partial charge in [-0.3, -0.25) is 4.99 Å². The van der Waals surface area contributed by atoms with E-state index in [1.165, 1.54) is 5.56 Å². The maximum Gasteiger partial charge on any atom is 0.193 e. The molecule has 162 valence electrons. The highest BCUT2D eigenvalue weighted by Crippen LogP contribution is 2.35. The Kier molecular flexibility index (Phi) is 8.19. The van der Waals surface area contributed by atoms with E-state index in [4.69, 9.17) is 14.2 Å². The van der Waals surface area contributed by atoms with Gasteiger partial charge in [-0.25, -0.2) is 0 Å². The van der Waals surface area contributed by atoms with Crippen molar-refractivity contribution in [2.45, 2.75) is 51.0 Å². The van der Waals surface area contributed by atoms with Crippen LogP contribution in [0.25, 0.3) is 0 Å². The van der Waals surface area contributed by atoms with E-state index in [2.05, 4.69) is 46.4 Å². The highest BCUT2D eigenvalue weighted by molar-refractivity contribution is 5.80. The predicted octanol–water partition coefficient (Wildman–Crippen LogP) is 3.21. The summed E-state index contributed by atoms with van der Waals surface area (Å²) in [5.74, 6) is 1.93. The van der Waals surface area contributed by atoms with Crippen LogP contribution in [-0.4, -0.2) is 70.1 Å². The minimum Gasteiger partial charge on any atom is -0.494 e. The van der Waals surface area contributed by atoms with Crippen molar-refractivity contribution in [1.82, 2.24) is 10.2 Å². The third-order valence-electron chi connectivity index (χ3n) is 6.17. The summed E-state index contributed by atoms with van der Waals surface area (Å²) in [5, 5.41) is 3.68. The number of piperidine rings is 1. The zero-order valence-electron chi connectivity index (χ0n) is 18.3. The Labute approximate surface area is 175 Å². The van der Waals surface area contributed by atoms with E-state index >= 15 is 0 Å². The number of nitrogens with zero attached hydrogens (tertiary/aromatic N) is 2. The molecular weight excluding hydrogens is 366 g/mol. The maximum atomic E-state index is 5.79. The van der Waals surface area contributed by atoms with Gasteiger partial charge >= 0.3 is 0 Å². The Hall–Kier alpha value is -1.79. The van der Waals surface area contributed by atoms with Crippen molar-refractivity contribution >= 4 is 5.96 Å². The van der Waals surface area contributed by atoms with Gasteiger partial charge in [0.2, 0.25) is 0 Å². The second kappa shape index (κ2) is 10.8. The third-order valence-corrected chi connectivity index (χ3v) is 6.17. The first-order valence-electron chi connectivity index (χ1n) is 11.1. The van der Waals surface area contributed by atoms with E-state index in [1.54, 1.807) is 0 Å². The summed E-state index contributed by atoms with van der Waals surface area (Å²) in [7, 11) is 1.88. The average Bonchev–Trinajstić information content (AvgIpc) is 2.77. The van der Waals surface area contributed by atoms with E-state index in [9.17, 15) is 0 Å². The fraction of sp³-hybridized carbons (Fsp3) is 0.696. The monoisotopic (exact) mass is 403 g/mol. The predicted molar refractivity (Wildman–Crippen MR) is 117 cm³/mol. The summed E-state index contributed by atoms with van der Waals surface area (Å²) in [5.41, 5.74) is 1.41. The Morgan fingerprint density at radius 1 is 1.14 bits per heavy atom. The number of nitrogens with one attached hydrogen (secondary N) is 1. The number of aliphatic imine (C=N–C) groups is 1. The van der Waals surface area contributed by atoms with Crippen LogP contribution in [0.3, 0.4) is 0 Å². The van der Waals surface area contributed by atoms with Crippen molar-refractivity contribution in [1.29, 1.82) is 0 Å². The summed E-state index contributed by atoms with van der Waals surface area (Å²) in [6, 6.07) is 8.61. The van der Waals surface area contributed by atoms with Gasteiger partial charge in [-0.1, -0.05) is 12.1 Å². The molecule has 1 N–H and O–H groups in total. The van der Waals surface area contributed by atoms with E-state index < -0.39 is 0 Å². The lowest BCUT2D eigenvalue weighted by molar-refractivity contribution is 0.0259. The van der Waals surface area contributed by atoms with Crippen LogP contribution in [0.5, 0.6) is 5.75 Å². The lowest BCUT2D eigenvalue weighted by Gasteiger charge is -2.40. The molecule has 6 heteroatoms. The number of rotatable bonds is 7. The summed E-state index contributed by atoms with van der Waals surface area (Å²) >= 11 is 0. The Morgan fingerprint density at radius 2 is 1.83 bits per heavy atom. The summed E-state index contributed by atoms with van der Waals surface area (Å²) in [4.78, 5) is 6.93. The normalized spacial score (nSPS) is 20.5. The quantitative estimate of drug-likeness (QED) is 0.560. The molecule has 1 aromatic carbocycles. The van der Waals surface area contributed by atoms with Crippen molar-refractivity contribution in [3.05, 3.63) is 29.8 Å². The van der Waals surface area contributed by atoms with Gasteiger partial charge in [0.1, 0.15) is 5.75 Å². The van der Waals surface area contributed by atoms with E-state index in [-0.39, 0.29) is 5.41 Å². The lowest BCUT2D eigenvalue weighted by atomic mass is 9.74. The number of benzene rings is 1. The molecule has 0 aromatic heterocycles. The molecule has 0 unspecified atom stereocenters. The molecule has 2 fully saturated rings. The standard InChI is InChI=1S/C23H37N3O3/c1-4-28-20-8-6-19(7-9-20)23(12-16-27-17-13-23)18-25-22(24-3)26-14-10-21(11-15-26)29-5-2/h6-9,21H,4-5,10-18H2,1-3H3,(H,24,25). The van der Waals surface area contributed by atoms with Gasteiger partial charge in [-0.05, 0) is 57.2 Å². The Bertz CT molecular complexity index is 633. The molecule has 2 heterocycles. The molecule has 6 nitrogen and oxygen atoms in total. The second-order valence-electron chi connectivity index (χ2n) is 7.89. The summed E-state index contributed by atoms with van der Waals surface area (Å²) in [6.45, 7) is 10.0. The van der Waals surface area contributed by atoms with Crippen molar-refractivity contribution < 1.29 is 14.2 Å². The fourth-order valence-electron chi connectivity index (χ4n) is 4.45. The van der Waals surface area contributed by atoms with Crippen LogP contribution in [0.15, 0.2) is 29.3 Å². The topological polar surface area (TPSA) is 55.3 Å². The fourth-order valence-corrected chi connectivity index (χ4v) is 4.45. The molecule has 2 saturated heterocycles. The van der Waals surface area contributed by atoms with Crippen LogP contribution in [-0.2, 0) is 14.9 Å². The molecule has 3 rings (SSSR count). The van der Waals surface area contributed by atoms with Crippen LogP contribution in [0, 0.1) is 0 Å². The minimum absolute atomic E-state index is 0.0581. The van der Waals surface area contributed by atoms with Crippen LogP contribution in [0.1, 0.15) is 45.1 Å². The summed E-state index contributed by atoms with van der Waals surface area (Å²) in [6.07, 6.45) is 4.54. The first-order valence-corrected chi connectivity index (χ1v) is 11.1. The number of likely N-dealkylation sites (tertiary alicyclic amines) is 1. The van der Waals surface area contributed by atoms with Gasteiger partial charge in [0.05, 0.1) is 12.7 Å². The number of hydrogen-bond acceptors (Lipinski definition) is 4. The summed E-state index contributed by atoms with van der Waals surface area (Å²) < 4.78 is 17.1. The van der Waals surface area contributed by atoms with Crippen LogP contribution >= 0.6 is 0 Å². The molecule has 2 aliphatic heterocycles. The molecule has 0 saturated carbocycles. The SMILES string of the molecule is CCOc1ccc(C2(CNC(=NC)N3CCC(OCC)CC3)CCOCC2)cc1. The second-order valence-corrected chi connectivity index (χ2v) is 7.89. The van der Waals surface area contributed by atoms with Gasteiger partial charge in [0, 0.05) is 51.9 Å². The zero-order chi connectivity index (χ0) is 20.5. The Balaban J connectivity index is 1.65. The zero-order valence-corrected chi connectivity index (χ0v) is 18.3. The molecular formula is C23H37N3O3. The van der Waals surface area contributed by atoms with Crippen molar-refractivity contribution in [2.24, 2.45) is 4.99 Å². The van der Waals surface area contributed by atoms with Gasteiger partial charge in [0.15, 0.2) is 5.96 Å². The first kappa shape index (κ1) is 21.9. The first-order chi connectivity index (χ1) is 14.2. The van der Waals surface area contributed by atoms with E-state index in [1.807, 2.05) is 14.0 Å². The number of ether oxygens (including phenoxy) is 3. The average molecular weight is 404 g/mol. The van der Waals surface area contributed by atoms with Crippen molar-refractivity contribution in [2.75, 3.05) is 53.1 Å². The number of hydrogen-bond donors (Lipinski definition) is 1. The smallest absolute Gasteiger partial charge is 0.193 e. The van der Waals surface area contributed by atoms with Crippen molar-refractivity contribution in [3.63, 3.8) is 0 Å². The highest BCUT2D eigenvalue weighted by Gasteiger charge is 2.35. The number of guanidine groups is 1. The van der Waals surface area contributed by atoms with Crippen LogP contribution in [0.4, 0.5) is 0 Å². The molecule has 2 aliphatic rings. The minimum atomic E-state index is 0.0581. The molecule has 0 atom stereocenters. The molecule has 1 aromatic rings. The molecule has 0 spiro atoms. The Morgan fingerprint density at radius 3 is 2.41 bits per heavy atom. The third kappa shape index (κ3) is 5.64. The lowest BCUT2D eigenvalue weighted by Crippen LogP contribution is -2.51. The molecule has 0 radical (unpaired) electrons. The molecule has 0 bridgehead atoms.